The number of nitrogens with one attached hydrogen (secondary N) is 2. The Morgan fingerprint density at radius 2 is 1.86 bits per heavy atom. The SMILES string of the molecule is COCCCNC(=O)C1(C(=O)Nc2ccc(C)cc2)CC1. The Bertz CT molecular complexity index is 507. The van der Waals surface area contributed by atoms with E-state index in [-0.39, 0.29) is 11.8 Å². The minimum absolute atomic E-state index is 0.178. The largest absolute Gasteiger partial charge is 0.385 e. The Hall–Kier alpha value is -1.88. The first-order valence-electron chi connectivity index (χ1n) is 7.24. The molecule has 2 N–H and O–H groups in total. The molecule has 5 heteroatoms. The molecule has 0 bridgehead atoms. The molecule has 0 atom stereocenters. The van der Waals surface area contributed by atoms with Crippen molar-refractivity contribution in [2.45, 2.75) is 26.2 Å². The second kappa shape index (κ2) is 6.72. The molecule has 2 rings (SSSR count). The van der Waals surface area contributed by atoms with E-state index in [1.807, 2.05) is 31.2 Å². The molecule has 5 nitrogen and oxygen atoms in total. The van der Waals surface area contributed by atoms with E-state index in [1.54, 1.807) is 7.11 Å². The zero-order chi connectivity index (χ0) is 15.3. The number of rotatable bonds is 7. The van der Waals surface area contributed by atoms with Crippen LogP contribution in [0, 0.1) is 12.3 Å². The van der Waals surface area contributed by atoms with Gasteiger partial charge >= 0.3 is 0 Å². The number of amides is 2. The number of carbonyl (C=O) groups is 2. The third-order valence-corrected chi connectivity index (χ3v) is 3.74. The first kappa shape index (κ1) is 15.5. The van der Waals surface area contributed by atoms with Crippen LogP contribution in [0.15, 0.2) is 24.3 Å². The summed E-state index contributed by atoms with van der Waals surface area (Å²) >= 11 is 0. The van der Waals surface area contributed by atoms with E-state index in [0.717, 1.165) is 17.7 Å². The molecule has 1 aromatic rings. The van der Waals surface area contributed by atoms with Crippen molar-refractivity contribution in [3.8, 4) is 0 Å². The number of benzene rings is 1. The molecule has 2 amide bonds. The normalized spacial score (nSPS) is 15.3. The van der Waals surface area contributed by atoms with Crippen molar-refractivity contribution in [2.75, 3.05) is 25.6 Å². The highest BCUT2D eigenvalue weighted by Crippen LogP contribution is 2.46. The summed E-state index contributed by atoms with van der Waals surface area (Å²) in [5.41, 5.74) is 0.979. The lowest BCUT2D eigenvalue weighted by Gasteiger charge is -2.15. The molecule has 0 spiro atoms. The van der Waals surface area contributed by atoms with Gasteiger partial charge in [0, 0.05) is 25.9 Å². The fourth-order valence-corrected chi connectivity index (χ4v) is 2.16. The summed E-state index contributed by atoms with van der Waals surface area (Å²) in [7, 11) is 1.62. The third-order valence-electron chi connectivity index (χ3n) is 3.74. The minimum Gasteiger partial charge on any atom is -0.385 e. The smallest absolute Gasteiger partial charge is 0.240 e. The standard InChI is InChI=1S/C16H22N2O3/c1-12-4-6-13(7-5-12)18-15(20)16(8-9-16)14(19)17-10-3-11-21-2/h4-7H,3,8-11H2,1-2H3,(H,17,19)(H,18,20). The monoisotopic (exact) mass is 290 g/mol. The first-order valence-corrected chi connectivity index (χ1v) is 7.24. The highest BCUT2D eigenvalue weighted by atomic mass is 16.5. The number of carbonyl (C=O) groups excluding carboxylic acids is 2. The van der Waals surface area contributed by atoms with Gasteiger partial charge in [0.05, 0.1) is 0 Å². The predicted molar refractivity (Wildman–Crippen MR) is 81.0 cm³/mol. The maximum atomic E-state index is 12.3. The Labute approximate surface area is 125 Å². The van der Waals surface area contributed by atoms with Gasteiger partial charge < -0.3 is 15.4 Å². The quantitative estimate of drug-likeness (QED) is 0.595. The molecule has 0 saturated heterocycles. The fraction of sp³-hybridized carbons (Fsp3) is 0.500. The number of anilines is 1. The van der Waals surface area contributed by atoms with Crippen LogP contribution in [0.1, 0.15) is 24.8 Å². The minimum atomic E-state index is -0.877. The Kier molecular flexibility index (Phi) is 4.96. The molecule has 1 aromatic carbocycles. The van der Waals surface area contributed by atoms with E-state index < -0.39 is 5.41 Å². The second-order valence-electron chi connectivity index (χ2n) is 5.50. The summed E-state index contributed by atoms with van der Waals surface area (Å²) < 4.78 is 4.93. The van der Waals surface area contributed by atoms with Gasteiger partial charge in [-0.25, -0.2) is 0 Å². The van der Waals surface area contributed by atoms with E-state index in [0.29, 0.717) is 26.0 Å². The van der Waals surface area contributed by atoms with E-state index in [1.165, 1.54) is 0 Å². The highest BCUT2D eigenvalue weighted by Gasteiger charge is 2.56. The molecular weight excluding hydrogens is 268 g/mol. The molecule has 1 fully saturated rings. The Morgan fingerprint density at radius 3 is 2.43 bits per heavy atom. The summed E-state index contributed by atoms with van der Waals surface area (Å²) in [5.74, 6) is -0.390. The van der Waals surface area contributed by atoms with Crippen LogP contribution in [0.4, 0.5) is 5.69 Å². The van der Waals surface area contributed by atoms with Crippen LogP contribution in [0.3, 0.4) is 0 Å². The van der Waals surface area contributed by atoms with E-state index >= 15 is 0 Å². The van der Waals surface area contributed by atoms with Gasteiger partial charge in [-0.2, -0.15) is 0 Å². The van der Waals surface area contributed by atoms with Crippen LogP contribution in [-0.4, -0.2) is 32.1 Å². The van der Waals surface area contributed by atoms with Crippen molar-refractivity contribution >= 4 is 17.5 Å². The van der Waals surface area contributed by atoms with Crippen LogP contribution in [0.25, 0.3) is 0 Å². The van der Waals surface area contributed by atoms with Gasteiger partial charge in [0.25, 0.3) is 0 Å². The van der Waals surface area contributed by atoms with E-state index in [2.05, 4.69) is 10.6 Å². The molecule has 1 saturated carbocycles. The zero-order valence-electron chi connectivity index (χ0n) is 12.6. The Morgan fingerprint density at radius 1 is 1.19 bits per heavy atom. The average Bonchev–Trinajstić information content (AvgIpc) is 3.27. The number of methoxy groups -OCH3 is 1. The van der Waals surface area contributed by atoms with Gasteiger partial charge in [-0.05, 0) is 38.3 Å². The Balaban J connectivity index is 1.88. The summed E-state index contributed by atoms with van der Waals surface area (Å²) in [4.78, 5) is 24.5. The van der Waals surface area contributed by atoms with Gasteiger partial charge in [0.1, 0.15) is 5.41 Å². The van der Waals surface area contributed by atoms with E-state index in [4.69, 9.17) is 4.74 Å². The van der Waals surface area contributed by atoms with Gasteiger partial charge in [-0.1, -0.05) is 17.7 Å². The molecule has 114 valence electrons. The van der Waals surface area contributed by atoms with Crippen molar-refractivity contribution in [1.29, 1.82) is 0 Å². The lowest BCUT2D eigenvalue weighted by atomic mass is 10.0. The fourth-order valence-electron chi connectivity index (χ4n) is 2.16. The van der Waals surface area contributed by atoms with Crippen molar-refractivity contribution in [3.63, 3.8) is 0 Å². The van der Waals surface area contributed by atoms with E-state index in [9.17, 15) is 9.59 Å². The molecule has 1 aliphatic carbocycles. The van der Waals surface area contributed by atoms with Gasteiger partial charge in [0.15, 0.2) is 0 Å². The summed E-state index contributed by atoms with van der Waals surface area (Å²) in [6.07, 6.45) is 1.97. The topological polar surface area (TPSA) is 67.4 Å². The van der Waals surface area contributed by atoms with Crippen molar-refractivity contribution in [1.82, 2.24) is 5.32 Å². The van der Waals surface area contributed by atoms with Crippen molar-refractivity contribution in [3.05, 3.63) is 29.8 Å². The predicted octanol–water partition coefficient (Wildman–Crippen LogP) is 1.87. The van der Waals surface area contributed by atoms with Gasteiger partial charge in [-0.3, -0.25) is 9.59 Å². The summed E-state index contributed by atoms with van der Waals surface area (Å²) in [6.45, 7) is 3.12. The molecule has 0 unspecified atom stereocenters. The number of ether oxygens (including phenoxy) is 1. The second-order valence-corrected chi connectivity index (χ2v) is 5.50. The van der Waals surface area contributed by atoms with Crippen LogP contribution in [0.5, 0.6) is 0 Å². The molecule has 0 aromatic heterocycles. The maximum absolute atomic E-state index is 12.3. The first-order chi connectivity index (χ1) is 10.1. The summed E-state index contributed by atoms with van der Waals surface area (Å²) in [5, 5.41) is 5.65. The molecule has 0 heterocycles. The lowest BCUT2D eigenvalue weighted by molar-refractivity contribution is -0.134. The molecule has 1 aliphatic rings. The van der Waals surface area contributed by atoms with Crippen molar-refractivity contribution < 1.29 is 14.3 Å². The molecular formula is C16H22N2O3. The number of aryl methyl sites for hydroxylation is 1. The lowest BCUT2D eigenvalue weighted by Crippen LogP contribution is -2.40. The third kappa shape index (κ3) is 3.82. The maximum Gasteiger partial charge on any atom is 0.240 e. The molecule has 0 radical (unpaired) electrons. The summed E-state index contributed by atoms with van der Waals surface area (Å²) in [6, 6.07) is 7.56. The number of hydrogen-bond acceptors (Lipinski definition) is 3. The van der Waals surface area contributed by atoms with Crippen molar-refractivity contribution in [2.24, 2.45) is 5.41 Å². The van der Waals surface area contributed by atoms with Gasteiger partial charge in [0.2, 0.25) is 11.8 Å². The van der Waals surface area contributed by atoms with Gasteiger partial charge in [-0.15, -0.1) is 0 Å². The molecule has 0 aliphatic heterocycles. The van der Waals surface area contributed by atoms with Crippen LogP contribution in [-0.2, 0) is 14.3 Å². The molecule has 21 heavy (non-hydrogen) atoms. The zero-order valence-corrected chi connectivity index (χ0v) is 12.6. The highest BCUT2D eigenvalue weighted by molar-refractivity contribution is 6.13. The van der Waals surface area contributed by atoms with Crippen LogP contribution >= 0.6 is 0 Å². The average molecular weight is 290 g/mol. The van der Waals surface area contributed by atoms with Crippen LogP contribution < -0.4 is 10.6 Å². The van der Waals surface area contributed by atoms with Crippen LogP contribution in [0.2, 0.25) is 0 Å². The number of hydrogen-bond donors (Lipinski definition) is 2.